The van der Waals surface area contributed by atoms with Gasteiger partial charge in [-0.2, -0.15) is 0 Å². The van der Waals surface area contributed by atoms with E-state index in [1.165, 1.54) is 11.1 Å². The summed E-state index contributed by atoms with van der Waals surface area (Å²) in [5.74, 6) is 1.60. The number of alkyl halides is 1. The molecule has 3 nitrogen and oxygen atoms in total. The fourth-order valence-corrected chi connectivity index (χ4v) is 2.76. The van der Waals surface area contributed by atoms with Crippen molar-refractivity contribution in [3.63, 3.8) is 0 Å². The van der Waals surface area contributed by atoms with Crippen LogP contribution in [0.3, 0.4) is 0 Å². The van der Waals surface area contributed by atoms with Crippen molar-refractivity contribution in [2.75, 3.05) is 13.2 Å². The van der Waals surface area contributed by atoms with Crippen molar-refractivity contribution in [3.8, 4) is 11.5 Å². The van der Waals surface area contributed by atoms with Crippen molar-refractivity contribution in [3.05, 3.63) is 53.9 Å². The molecule has 1 aromatic heterocycles. The van der Waals surface area contributed by atoms with Crippen LogP contribution in [0, 0.1) is 0 Å². The molecule has 0 saturated heterocycles. The van der Waals surface area contributed by atoms with Crippen molar-refractivity contribution < 1.29 is 9.47 Å². The van der Waals surface area contributed by atoms with Crippen molar-refractivity contribution in [1.29, 1.82) is 0 Å². The molecule has 0 aliphatic carbocycles. The molecule has 1 unspecified atom stereocenters. The predicted molar refractivity (Wildman–Crippen MR) is 88.4 cm³/mol. The maximum atomic E-state index is 5.67. The topological polar surface area (TPSA) is 31.4 Å². The maximum Gasteiger partial charge on any atom is 0.161 e. The highest BCUT2D eigenvalue weighted by Gasteiger charge is 2.13. The molecule has 2 rings (SSSR count). The molecule has 0 saturated carbocycles. The summed E-state index contributed by atoms with van der Waals surface area (Å²) in [4.78, 5) is 4.28. The summed E-state index contributed by atoms with van der Waals surface area (Å²) in [6, 6.07) is 10.2. The Bertz CT molecular complexity index is 560. The van der Waals surface area contributed by atoms with Crippen molar-refractivity contribution >= 4 is 15.9 Å². The SMILES string of the molecule is CCOc1ccc(C(Br)Cc2ccncc2)cc1OCC. The molecule has 2 aromatic rings. The van der Waals surface area contributed by atoms with Gasteiger partial charge in [-0.25, -0.2) is 0 Å². The summed E-state index contributed by atoms with van der Waals surface area (Å²) >= 11 is 3.75. The fourth-order valence-electron chi connectivity index (χ4n) is 2.11. The van der Waals surface area contributed by atoms with Gasteiger partial charge in [-0.15, -0.1) is 0 Å². The molecule has 0 radical (unpaired) electrons. The van der Waals surface area contributed by atoms with E-state index in [-0.39, 0.29) is 4.83 Å². The summed E-state index contributed by atoms with van der Waals surface area (Å²) in [5.41, 5.74) is 2.43. The normalized spacial score (nSPS) is 12.0. The van der Waals surface area contributed by atoms with Crippen LogP contribution < -0.4 is 9.47 Å². The van der Waals surface area contributed by atoms with Gasteiger partial charge in [0.25, 0.3) is 0 Å². The highest BCUT2D eigenvalue weighted by molar-refractivity contribution is 9.09. The fraction of sp³-hybridized carbons (Fsp3) is 0.353. The first-order valence-electron chi connectivity index (χ1n) is 7.17. The average Bonchev–Trinajstić information content (AvgIpc) is 2.50. The lowest BCUT2D eigenvalue weighted by atomic mass is 10.0. The van der Waals surface area contributed by atoms with E-state index in [1.54, 1.807) is 0 Å². The van der Waals surface area contributed by atoms with Crippen LogP contribution in [0.4, 0.5) is 0 Å². The number of hydrogen-bond donors (Lipinski definition) is 0. The molecule has 21 heavy (non-hydrogen) atoms. The van der Waals surface area contributed by atoms with Crippen LogP contribution in [0.5, 0.6) is 11.5 Å². The Morgan fingerprint density at radius 3 is 2.33 bits per heavy atom. The van der Waals surface area contributed by atoms with E-state index in [0.29, 0.717) is 13.2 Å². The minimum atomic E-state index is 0.231. The average molecular weight is 350 g/mol. The Morgan fingerprint density at radius 2 is 1.67 bits per heavy atom. The van der Waals surface area contributed by atoms with Gasteiger partial charge in [0, 0.05) is 17.2 Å². The maximum absolute atomic E-state index is 5.67. The molecule has 1 heterocycles. The third-order valence-corrected chi connectivity index (χ3v) is 3.95. The molecule has 0 amide bonds. The van der Waals surface area contributed by atoms with Gasteiger partial charge >= 0.3 is 0 Å². The zero-order valence-corrected chi connectivity index (χ0v) is 14.0. The first kappa shape index (κ1) is 15.8. The standard InChI is InChI=1S/C17H20BrNO2/c1-3-20-16-6-5-14(12-17(16)21-4-2)15(18)11-13-7-9-19-10-8-13/h5-10,12,15H,3-4,11H2,1-2H3. The molecule has 0 fully saturated rings. The molecule has 1 atom stereocenters. The number of rotatable bonds is 7. The van der Waals surface area contributed by atoms with Crippen molar-refractivity contribution in [2.45, 2.75) is 25.1 Å². The summed E-state index contributed by atoms with van der Waals surface area (Å²) in [6.45, 7) is 5.21. The lowest BCUT2D eigenvalue weighted by Gasteiger charge is -2.15. The molecule has 0 bridgehead atoms. The van der Waals surface area contributed by atoms with Crippen LogP contribution in [0.1, 0.15) is 29.8 Å². The molecule has 0 N–H and O–H groups in total. The molecule has 4 heteroatoms. The van der Waals surface area contributed by atoms with E-state index < -0.39 is 0 Å². The minimum absolute atomic E-state index is 0.231. The summed E-state index contributed by atoms with van der Waals surface area (Å²) < 4.78 is 11.3. The minimum Gasteiger partial charge on any atom is -0.490 e. The summed E-state index contributed by atoms with van der Waals surface area (Å²) in [5, 5.41) is 0. The number of hydrogen-bond acceptors (Lipinski definition) is 3. The van der Waals surface area contributed by atoms with E-state index >= 15 is 0 Å². The van der Waals surface area contributed by atoms with E-state index in [1.807, 2.05) is 44.4 Å². The predicted octanol–water partition coefficient (Wildman–Crippen LogP) is 4.56. The van der Waals surface area contributed by atoms with E-state index in [4.69, 9.17) is 9.47 Å². The van der Waals surface area contributed by atoms with Gasteiger partial charge in [0.1, 0.15) is 0 Å². The molecule has 0 aliphatic rings. The van der Waals surface area contributed by atoms with Crippen LogP contribution >= 0.6 is 15.9 Å². The number of halogens is 1. The number of aromatic nitrogens is 1. The first-order valence-corrected chi connectivity index (χ1v) is 8.08. The van der Waals surface area contributed by atoms with Gasteiger partial charge in [-0.1, -0.05) is 22.0 Å². The van der Waals surface area contributed by atoms with Gasteiger partial charge in [0.15, 0.2) is 11.5 Å². The van der Waals surface area contributed by atoms with Crippen LogP contribution in [-0.2, 0) is 6.42 Å². The zero-order chi connectivity index (χ0) is 15.1. The number of ether oxygens (including phenoxy) is 2. The number of pyridine rings is 1. The third kappa shape index (κ3) is 4.46. The van der Waals surface area contributed by atoms with Crippen LogP contribution in [0.25, 0.3) is 0 Å². The highest BCUT2D eigenvalue weighted by Crippen LogP contribution is 2.34. The summed E-state index contributed by atoms with van der Waals surface area (Å²) in [6.07, 6.45) is 4.54. The van der Waals surface area contributed by atoms with Crippen LogP contribution in [0.2, 0.25) is 0 Å². The second-order valence-electron chi connectivity index (χ2n) is 4.60. The summed E-state index contributed by atoms with van der Waals surface area (Å²) in [7, 11) is 0. The molecule has 0 spiro atoms. The zero-order valence-electron chi connectivity index (χ0n) is 12.4. The highest BCUT2D eigenvalue weighted by atomic mass is 79.9. The van der Waals surface area contributed by atoms with Gasteiger partial charge in [0.2, 0.25) is 0 Å². The molecule has 0 aliphatic heterocycles. The lowest BCUT2D eigenvalue weighted by molar-refractivity contribution is 0.287. The quantitative estimate of drug-likeness (QED) is 0.686. The Labute approximate surface area is 134 Å². The van der Waals surface area contributed by atoms with E-state index in [2.05, 4.69) is 33.0 Å². The Kier molecular flexibility index (Phi) is 6.05. The van der Waals surface area contributed by atoms with Crippen LogP contribution in [0.15, 0.2) is 42.7 Å². The van der Waals surface area contributed by atoms with Gasteiger partial charge in [-0.05, 0) is 55.7 Å². The Balaban J connectivity index is 2.17. The second kappa shape index (κ2) is 8.03. The van der Waals surface area contributed by atoms with Gasteiger partial charge < -0.3 is 9.47 Å². The number of benzene rings is 1. The monoisotopic (exact) mass is 349 g/mol. The Morgan fingerprint density at radius 1 is 1.00 bits per heavy atom. The second-order valence-corrected chi connectivity index (χ2v) is 5.70. The van der Waals surface area contributed by atoms with Gasteiger partial charge in [-0.3, -0.25) is 4.98 Å². The van der Waals surface area contributed by atoms with E-state index in [0.717, 1.165) is 17.9 Å². The smallest absolute Gasteiger partial charge is 0.161 e. The van der Waals surface area contributed by atoms with Gasteiger partial charge in [0.05, 0.1) is 13.2 Å². The molecule has 1 aromatic carbocycles. The molecular weight excluding hydrogens is 330 g/mol. The largest absolute Gasteiger partial charge is 0.490 e. The molecule has 112 valence electrons. The van der Waals surface area contributed by atoms with Crippen molar-refractivity contribution in [1.82, 2.24) is 4.98 Å². The lowest BCUT2D eigenvalue weighted by Crippen LogP contribution is -2.01. The van der Waals surface area contributed by atoms with Crippen molar-refractivity contribution in [2.24, 2.45) is 0 Å². The Hall–Kier alpha value is -1.55. The van der Waals surface area contributed by atoms with Crippen LogP contribution in [-0.4, -0.2) is 18.2 Å². The third-order valence-electron chi connectivity index (χ3n) is 3.09. The first-order chi connectivity index (χ1) is 10.2. The number of nitrogens with zero attached hydrogens (tertiary/aromatic N) is 1. The van der Waals surface area contributed by atoms with E-state index in [9.17, 15) is 0 Å². The molecular formula is C17H20BrNO2.